The van der Waals surface area contributed by atoms with E-state index in [1.807, 2.05) is 6.92 Å². The normalized spacial score (nSPS) is 24.0. The van der Waals surface area contributed by atoms with Gasteiger partial charge in [-0.2, -0.15) is 0 Å². The van der Waals surface area contributed by atoms with Gasteiger partial charge in [-0.3, -0.25) is 0 Å². The Morgan fingerprint density at radius 3 is 2.72 bits per heavy atom. The Morgan fingerprint density at radius 1 is 1.39 bits per heavy atom. The molecule has 18 heavy (non-hydrogen) atoms. The number of nitrogens with two attached hydrogens (primary N) is 1. The summed E-state index contributed by atoms with van der Waals surface area (Å²) in [6.45, 7) is 4.38. The lowest BCUT2D eigenvalue weighted by atomic mass is 9.85. The van der Waals surface area contributed by atoms with Crippen molar-refractivity contribution in [3.05, 3.63) is 16.2 Å². The molecule has 1 saturated carbocycles. The molecule has 0 amide bonds. The highest BCUT2D eigenvalue weighted by molar-refractivity contribution is 9.10. The number of halogens is 1. The third kappa shape index (κ3) is 2.48. The molecule has 0 aliphatic heterocycles. The first-order chi connectivity index (χ1) is 8.52. The predicted octanol–water partition coefficient (Wildman–Crippen LogP) is 3.75. The number of rotatable bonds is 2. The molecule has 0 radical (unpaired) electrons. The second-order valence-electron chi connectivity index (χ2n) is 5.42. The summed E-state index contributed by atoms with van der Waals surface area (Å²) in [6, 6.07) is 0.588. The summed E-state index contributed by atoms with van der Waals surface area (Å²) in [4.78, 5) is 6.82. The van der Waals surface area contributed by atoms with Gasteiger partial charge >= 0.3 is 0 Å². The second kappa shape index (κ2) is 5.47. The maximum Gasteiger partial charge on any atom is 0.143 e. The van der Waals surface area contributed by atoms with Crippen molar-refractivity contribution < 1.29 is 0 Å². The van der Waals surface area contributed by atoms with Gasteiger partial charge in [-0.1, -0.05) is 19.8 Å². The van der Waals surface area contributed by atoms with Crippen LogP contribution in [-0.4, -0.2) is 18.1 Å². The first-order valence-corrected chi connectivity index (χ1v) is 7.45. The van der Waals surface area contributed by atoms with E-state index in [0.717, 1.165) is 27.5 Å². The van der Waals surface area contributed by atoms with Crippen molar-refractivity contribution in [3.63, 3.8) is 0 Å². The monoisotopic (exact) mass is 311 g/mol. The van der Waals surface area contributed by atoms with Gasteiger partial charge in [0.25, 0.3) is 0 Å². The molecule has 1 aliphatic carbocycles. The maximum atomic E-state index is 5.88. The predicted molar refractivity (Wildman–Crippen MR) is 80.9 cm³/mol. The van der Waals surface area contributed by atoms with E-state index in [0.29, 0.717) is 6.04 Å². The minimum atomic E-state index is 0.588. The lowest BCUT2D eigenvalue weighted by Gasteiger charge is -2.37. The molecule has 1 fully saturated rings. The van der Waals surface area contributed by atoms with Crippen molar-refractivity contribution in [2.75, 3.05) is 17.7 Å². The third-order valence-electron chi connectivity index (χ3n) is 4.18. The van der Waals surface area contributed by atoms with Gasteiger partial charge in [-0.05, 0) is 47.2 Å². The lowest BCUT2D eigenvalue weighted by molar-refractivity contribution is 0.320. The molecule has 1 aromatic heterocycles. The van der Waals surface area contributed by atoms with Gasteiger partial charge in [0.15, 0.2) is 0 Å². The molecule has 2 N–H and O–H groups in total. The summed E-state index contributed by atoms with van der Waals surface area (Å²) in [7, 11) is 2.15. The van der Waals surface area contributed by atoms with Crippen molar-refractivity contribution in [3.8, 4) is 0 Å². The molecule has 0 bridgehead atoms. The minimum absolute atomic E-state index is 0.588. The molecule has 2 rings (SSSR count). The van der Waals surface area contributed by atoms with Gasteiger partial charge in [-0.15, -0.1) is 0 Å². The van der Waals surface area contributed by atoms with Crippen LogP contribution in [-0.2, 0) is 0 Å². The molecule has 0 aromatic carbocycles. The first kappa shape index (κ1) is 13.7. The summed E-state index contributed by atoms with van der Waals surface area (Å²) < 4.78 is 1.03. The van der Waals surface area contributed by atoms with Crippen LogP contribution in [0.4, 0.5) is 11.5 Å². The molecular formula is C14H22BrN3. The van der Waals surface area contributed by atoms with Gasteiger partial charge in [0, 0.05) is 13.1 Å². The van der Waals surface area contributed by atoms with Crippen molar-refractivity contribution in [1.82, 2.24) is 4.98 Å². The quantitative estimate of drug-likeness (QED) is 0.904. The molecule has 4 heteroatoms. The number of hydrogen-bond donors (Lipinski definition) is 1. The van der Waals surface area contributed by atoms with E-state index in [2.05, 4.69) is 39.8 Å². The summed E-state index contributed by atoms with van der Waals surface area (Å²) in [6.07, 6.45) is 7.03. The molecule has 2 atom stereocenters. The Labute approximate surface area is 118 Å². The van der Waals surface area contributed by atoms with Crippen LogP contribution >= 0.6 is 15.9 Å². The Kier molecular flexibility index (Phi) is 4.15. The van der Waals surface area contributed by atoms with Crippen molar-refractivity contribution >= 4 is 27.4 Å². The molecule has 1 aromatic rings. The molecule has 2 unspecified atom stereocenters. The molecule has 1 heterocycles. The van der Waals surface area contributed by atoms with Crippen LogP contribution in [0.2, 0.25) is 0 Å². The van der Waals surface area contributed by atoms with E-state index < -0.39 is 0 Å². The lowest BCUT2D eigenvalue weighted by Crippen LogP contribution is -2.39. The van der Waals surface area contributed by atoms with Crippen molar-refractivity contribution in [2.24, 2.45) is 5.92 Å². The van der Waals surface area contributed by atoms with Gasteiger partial charge in [-0.25, -0.2) is 4.98 Å². The average molecular weight is 312 g/mol. The zero-order chi connectivity index (χ0) is 13.3. The van der Waals surface area contributed by atoms with E-state index in [-0.39, 0.29) is 0 Å². The number of nitrogen functional groups attached to an aromatic ring is 1. The summed E-state index contributed by atoms with van der Waals surface area (Å²) in [5, 5.41) is 0. The highest BCUT2D eigenvalue weighted by Crippen LogP contribution is 2.35. The van der Waals surface area contributed by atoms with Crippen LogP contribution in [0.5, 0.6) is 0 Å². The molecular weight excluding hydrogens is 290 g/mol. The average Bonchev–Trinajstić information content (AvgIpc) is 2.36. The van der Waals surface area contributed by atoms with Gasteiger partial charge in [0.1, 0.15) is 5.82 Å². The molecule has 1 aliphatic rings. The van der Waals surface area contributed by atoms with E-state index >= 15 is 0 Å². The van der Waals surface area contributed by atoms with E-state index in [4.69, 9.17) is 5.73 Å². The number of hydrogen-bond acceptors (Lipinski definition) is 3. The van der Waals surface area contributed by atoms with E-state index in [1.54, 1.807) is 6.20 Å². The SMILES string of the molecule is Cc1c(N)cnc(N(C)C2CCCCC2C)c1Br. The molecule has 3 nitrogen and oxygen atoms in total. The van der Waals surface area contributed by atoms with Crippen LogP contribution in [0, 0.1) is 12.8 Å². The maximum absolute atomic E-state index is 5.88. The van der Waals surface area contributed by atoms with Gasteiger partial charge < -0.3 is 10.6 Å². The highest BCUT2D eigenvalue weighted by Gasteiger charge is 2.27. The zero-order valence-electron chi connectivity index (χ0n) is 11.4. The van der Waals surface area contributed by atoms with Gasteiger partial charge in [0.2, 0.25) is 0 Å². The largest absolute Gasteiger partial charge is 0.397 e. The zero-order valence-corrected chi connectivity index (χ0v) is 13.0. The Morgan fingerprint density at radius 2 is 2.06 bits per heavy atom. The Hall–Kier alpha value is -0.770. The number of nitrogens with zero attached hydrogens (tertiary/aromatic N) is 2. The molecule has 0 saturated heterocycles. The van der Waals surface area contributed by atoms with Crippen molar-refractivity contribution in [1.29, 1.82) is 0 Å². The van der Waals surface area contributed by atoms with Crippen LogP contribution < -0.4 is 10.6 Å². The molecule has 100 valence electrons. The summed E-state index contributed by atoms with van der Waals surface area (Å²) in [5.74, 6) is 1.75. The standard InChI is InChI=1S/C14H22BrN3/c1-9-6-4-5-7-12(9)18(3)14-13(15)10(2)11(16)8-17-14/h8-9,12H,4-7,16H2,1-3H3. The second-order valence-corrected chi connectivity index (χ2v) is 6.21. The number of aromatic nitrogens is 1. The fourth-order valence-electron chi connectivity index (χ4n) is 2.85. The fraction of sp³-hybridized carbons (Fsp3) is 0.643. The third-order valence-corrected chi connectivity index (χ3v) is 5.13. The van der Waals surface area contributed by atoms with E-state index in [1.165, 1.54) is 25.7 Å². The van der Waals surface area contributed by atoms with Crippen LogP contribution in [0.1, 0.15) is 38.2 Å². The van der Waals surface area contributed by atoms with Crippen LogP contribution in [0.15, 0.2) is 10.7 Å². The Balaban J connectivity index is 2.28. The fourth-order valence-corrected chi connectivity index (χ4v) is 3.46. The van der Waals surface area contributed by atoms with Crippen molar-refractivity contribution in [2.45, 2.75) is 45.6 Å². The molecule has 0 spiro atoms. The first-order valence-electron chi connectivity index (χ1n) is 6.65. The highest BCUT2D eigenvalue weighted by atomic mass is 79.9. The van der Waals surface area contributed by atoms with Crippen LogP contribution in [0.3, 0.4) is 0 Å². The summed E-state index contributed by atoms with van der Waals surface area (Å²) in [5.41, 5.74) is 7.71. The van der Waals surface area contributed by atoms with Crippen LogP contribution in [0.25, 0.3) is 0 Å². The smallest absolute Gasteiger partial charge is 0.143 e. The summed E-state index contributed by atoms with van der Waals surface area (Å²) >= 11 is 3.63. The topological polar surface area (TPSA) is 42.1 Å². The number of pyridine rings is 1. The number of anilines is 2. The van der Waals surface area contributed by atoms with Gasteiger partial charge in [0.05, 0.1) is 16.4 Å². The minimum Gasteiger partial charge on any atom is -0.397 e. The Bertz CT molecular complexity index is 433. The van der Waals surface area contributed by atoms with E-state index in [9.17, 15) is 0 Å².